The predicted molar refractivity (Wildman–Crippen MR) is 116 cm³/mol. The third-order valence-corrected chi connectivity index (χ3v) is 6.05. The van der Waals surface area contributed by atoms with Gasteiger partial charge in [-0.2, -0.15) is 0 Å². The Balaban J connectivity index is 2.06. The van der Waals surface area contributed by atoms with E-state index in [1.807, 2.05) is 12.1 Å². The third-order valence-electron chi connectivity index (χ3n) is 4.27. The van der Waals surface area contributed by atoms with E-state index in [1.54, 1.807) is 60.8 Å². The van der Waals surface area contributed by atoms with Crippen LogP contribution in [0.15, 0.2) is 77.8 Å². The van der Waals surface area contributed by atoms with Crippen molar-refractivity contribution < 1.29 is 17.9 Å². The number of hydrogen-bond donors (Lipinski definition) is 1. The molecule has 0 unspecified atom stereocenters. The van der Waals surface area contributed by atoms with E-state index in [1.165, 1.54) is 19.2 Å². The molecule has 0 bridgehead atoms. The molecular weight excluding hydrogens is 402 g/mol. The van der Waals surface area contributed by atoms with Crippen molar-refractivity contribution >= 4 is 33.8 Å². The number of sulfonamides is 1. The number of para-hydroxylation sites is 1. The summed E-state index contributed by atoms with van der Waals surface area (Å²) in [5.41, 5.74) is 7.02. The quantitative estimate of drug-likeness (QED) is 0.600. The largest absolute Gasteiger partial charge is 0.497 e. The Hall–Kier alpha value is -3.65. The number of anilines is 1. The van der Waals surface area contributed by atoms with Crippen LogP contribution in [-0.4, -0.2) is 33.0 Å². The molecular formula is C22H21N3O4S. The van der Waals surface area contributed by atoms with Gasteiger partial charge in [-0.1, -0.05) is 30.3 Å². The number of amides is 1. The Morgan fingerprint density at radius 3 is 2.37 bits per heavy atom. The molecule has 2 N–H and O–H groups in total. The standard InChI is InChI=1S/C22H21N3O4S/c1-29-19-11-13-20(14-12-19)30(27,28)25(16-22(23)26)21-8-3-2-6-17(21)9-10-18-7-4-5-15-24-18/h2-15H,16H2,1H3,(H2,23,26)/b10-9+. The van der Waals surface area contributed by atoms with Crippen LogP contribution in [-0.2, 0) is 14.8 Å². The molecule has 0 saturated carbocycles. The second kappa shape index (κ2) is 9.23. The summed E-state index contributed by atoms with van der Waals surface area (Å²) in [5, 5.41) is 0. The van der Waals surface area contributed by atoms with Crippen LogP contribution in [0.5, 0.6) is 5.75 Å². The lowest BCUT2D eigenvalue weighted by Crippen LogP contribution is -2.39. The number of primary amides is 1. The first-order valence-corrected chi connectivity index (χ1v) is 10.5. The maximum atomic E-state index is 13.3. The molecule has 0 aliphatic rings. The van der Waals surface area contributed by atoms with Gasteiger partial charge in [-0.25, -0.2) is 8.42 Å². The molecule has 1 heterocycles. The van der Waals surface area contributed by atoms with Crippen LogP contribution >= 0.6 is 0 Å². The summed E-state index contributed by atoms with van der Waals surface area (Å²) >= 11 is 0. The van der Waals surface area contributed by atoms with Crippen LogP contribution in [0.3, 0.4) is 0 Å². The summed E-state index contributed by atoms with van der Waals surface area (Å²) in [5.74, 6) is -0.246. The first-order valence-electron chi connectivity index (χ1n) is 9.05. The second-order valence-corrected chi connectivity index (χ2v) is 8.16. The molecule has 2 aromatic carbocycles. The van der Waals surface area contributed by atoms with Crippen LogP contribution in [0.25, 0.3) is 12.2 Å². The molecule has 1 amide bonds. The Morgan fingerprint density at radius 2 is 1.73 bits per heavy atom. The minimum Gasteiger partial charge on any atom is -0.497 e. The lowest BCUT2D eigenvalue weighted by Gasteiger charge is -2.25. The van der Waals surface area contributed by atoms with Crippen molar-refractivity contribution in [2.45, 2.75) is 4.90 Å². The smallest absolute Gasteiger partial charge is 0.264 e. The first-order chi connectivity index (χ1) is 14.4. The maximum Gasteiger partial charge on any atom is 0.264 e. The fourth-order valence-electron chi connectivity index (χ4n) is 2.82. The minimum atomic E-state index is -4.05. The molecule has 3 aromatic rings. The van der Waals surface area contributed by atoms with E-state index in [4.69, 9.17) is 10.5 Å². The van der Waals surface area contributed by atoms with Gasteiger partial charge < -0.3 is 10.5 Å². The summed E-state index contributed by atoms with van der Waals surface area (Å²) in [7, 11) is -2.56. The number of ether oxygens (including phenoxy) is 1. The van der Waals surface area contributed by atoms with Crippen LogP contribution in [0.2, 0.25) is 0 Å². The fraction of sp³-hybridized carbons (Fsp3) is 0.0909. The zero-order chi connectivity index (χ0) is 21.6. The van der Waals surface area contributed by atoms with Gasteiger partial charge in [0.05, 0.1) is 23.4 Å². The third kappa shape index (κ3) is 4.84. The van der Waals surface area contributed by atoms with Gasteiger partial charge in [0, 0.05) is 6.20 Å². The topological polar surface area (TPSA) is 103 Å². The van der Waals surface area contributed by atoms with Crippen molar-refractivity contribution in [2.24, 2.45) is 5.73 Å². The molecule has 0 saturated heterocycles. The minimum absolute atomic E-state index is 0.0214. The van der Waals surface area contributed by atoms with E-state index in [0.717, 1.165) is 4.31 Å². The first kappa shape index (κ1) is 21.1. The van der Waals surface area contributed by atoms with Gasteiger partial charge in [0.25, 0.3) is 10.0 Å². The number of methoxy groups -OCH3 is 1. The van der Waals surface area contributed by atoms with Crippen molar-refractivity contribution in [3.8, 4) is 5.75 Å². The van der Waals surface area contributed by atoms with Gasteiger partial charge >= 0.3 is 0 Å². The summed E-state index contributed by atoms with van der Waals surface area (Å²) in [4.78, 5) is 16.0. The van der Waals surface area contributed by atoms with Gasteiger partial charge in [0.1, 0.15) is 12.3 Å². The summed E-state index contributed by atoms with van der Waals surface area (Å²) < 4.78 is 32.8. The van der Waals surface area contributed by atoms with E-state index in [9.17, 15) is 13.2 Å². The number of carbonyl (C=O) groups excluding carboxylic acids is 1. The number of nitrogens with zero attached hydrogens (tertiary/aromatic N) is 2. The molecule has 154 valence electrons. The van der Waals surface area contributed by atoms with E-state index < -0.39 is 22.5 Å². The van der Waals surface area contributed by atoms with Gasteiger partial charge in [-0.05, 0) is 54.1 Å². The monoisotopic (exact) mass is 423 g/mol. The van der Waals surface area contributed by atoms with Gasteiger partial charge in [0.2, 0.25) is 5.91 Å². The zero-order valence-electron chi connectivity index (χ0n) is 16.3. The molecule has 1 aromatic heterocycles. The van der Waals surface area contributed by atoms with Crippen LogP contribution in [0.1, 0.15) is 11.3 Å². The van der Waals surface area contributed by atoms with Crippen molar-refractivity contribution in [1.29, 1.82) is 0 Å². The number of hydrogen-bond acceptors (Lipinski definition) is 5. The fourth-order valence-corrected chi connectivity index (χ4v) is 4.28. The molecule has 0 radical (unpaired) electrons. The second-order valence-electron chi connectivity index (χ2n) is 6.30. The maximum absolute atomic E-state index is 13.3. The van der Waals surface area contributed by atoms with E-state index >= 15 is 0 Å². The number of rotatable bonds is 8. The predicted octanol–water partition coefficient (Wildman–Crippen LogP) is 2.94. The SMILES string of the molecule is COc1ccc(S(=O)(=O)N(CC(N)=O)c2ccccc2/C=C/c2ccccn2)cc1. The molecule has 0 spiro atoms. The zero-order valence-corrected chi connectivity index (χ0v) is 17.1. The van der Waals surface area contributed by atoms with E-state index in [-0.39, 0.29) is 4.90 Å². The molecule has 3 rings (SSSR count). The van der Waals surface area contributed by atoms with Crippen molar-refractivity contribution in [3.63, 3.8) is 0 Å². The lowest BCUT2D eigenvalue weighted by molar-refractivity contribution is -0.116. The Morgan fingerprint density at radius 1 is 1.03 bits per heavy atom. The Labute approximate surface area is 175 Å². The highest BCUT2D eigenvalue weighted by Gasteiger charge is 2.27. The number of benzene rings is 2. The Bertz CT molecular complexity index is 1140. The number of carbonyl (C=O) groups is 1. The molecule has 0 aliphatic carbocycles. The number of aromatic nitrogens is 1. The summed E-state index contributed by atoms with van der Waals surface area (Å²) in [6.07, 6.45) is 5.18. The van der Waals surface area contributed by atoms with E-state index in [2.05, 4.69) is 4.98 Å². The lowest BCUT2D eigenvalue weighted by atomic mass is 10.1. The summed E-state index contributed by atoms with van der Waals surface area (Å²) in [6, 6.07) is 18.3. The van der Waals surface area contributed by atoms with E-state index in [0.29, 0.717) is 22.7 Å². The molecule has 7 nitrogen and oxygen atoms in total. The number of nitrogens with two attached hydrogens (primary N) is 1. The van der Waals surface area contributed by atoms with Gasteiger partial charge in [-0.15, -0.1) is 0 Å². The van der Waals surface area contributed by atoms with Crippen LogP contribution < -0.4 is 14.8 Å². The van der Waals surface area contributed by atoms with Crippen molar-refractivity contribution in [1.82, 2.24) is 4.98 Å². The molecule has 8 heteroatoms. The van der Waals surface area contributed by atoms with Gasteiger partial charge in [-0.3, -0.25) is 14.1 Å². The van der Waals surface area contributed by atoms with Gasteiger partial charge in [0.15, 0.2) is 0 Å². The van der Waals surface area contributed by atoms with Crippen molar-refractivity contribution in [3.05, 3.63) is 84.2 Å². The highest BCUT2D eigenvalue weighted by atomic mass is 32.2. The summed E-state index contributed by atoms with van der Waals surface area (Å²) in [6.45, 7) is -0.497. The number of pyridine rings is 1. The highest BCUT2D eigenvalue weighted by Crippen LogP contribution is 2.29. The van der Waals surface area contributed by atoms with Crippen molar-refractivity contribution in [2.75, 3.05) is 18.0 Å². The van der Waals surface area contributed by atoms with Crippen LogP contribution in [0.4, 0.5) is 5.69 Å². The van der Waals surface area contributed by atoms with Crippen LogP contribution in [0, 0.1) is 0 Å². The normalized spacial score (nSPS) is 11.4. The molecule has 0 fully saturated rings. The molecule has 0 aliphatic heterocycles. The average molecular weight is 423 g/mol. The Kier molecular flexibility index (Phi) is 6.48. The average Bonchev–Trinajstić information content (AvgIpc) is 2.77. The molecule has 30 heavy (non-hydrogen) atoms. The molecule has 0 atom stereocenters. The highest BCUT2D eigenvalue weighted by molar-refractivity contribution is 7.92.